The van der Waals surface area contributed by atoms with Gasteiger partial charge in [0, 0.05) is 44.2 Å². The van der Waals surface area contributed by atoms with Crippen molar-refractivity contribution in [2.75, 3.05) is 24.5 Å². The Labute approximate surface area is 142 Å². The molecular weight excluding hydrogens is 309 g/mol. The number of halogens is 1. The third kappa shape index (κ3) is 5.22. The Morgan fingerprint density at radius 1 is 1.29 bits per heavy atom. The predicted octanol–water partition coefficient (Wildman–Crippen LogP) is 2.14. The standard InChI is InChI=1S/C18H26FN3O2/c1-3-20-17(23)8-9-18(24)21-15-5-4-10-22(12-15)16-7-6-14(19)11-13(16)2/h6-7,11,15H,3-5,8-10,12H2,1-2H3,(H,20,23)(H,21,24)/t15-/m1/s1. The highest BCUT2D eigenvalue weighted by molar-refractivity contribution is 5.83. The van der Waals surface area contributed by atoms with Crippen LogP contribution in [0.3, 0.4) is 0 Å². The van der Waals surface area contributed by atoms with Gasteiger partial charge in [-0.2, -0.15) is 0 Å². The molecule has 132 valence electrons. The lowest BCUT2D eigenvalue weighted by atomic mass is 10.0. The van der Waals surface area contributed by atoms with E-state index in [1.165, 1.54) is 12.1 Å². The van der Waals surface area contributed by atoms with Crippen LogP contribution >= 0.6 is 0 Å². The molecule has 2 rings (SSSR count). The number of aryl methyl sites for hydroxylation is 1. The van der Waals surface area contributed by atoms with Crippen LogP contribution in [0.2, 0.25) is 0 Å². The third-order valence-electron chi connectivity index (χ3n) is 4.24. The van der Waals surface area contributed by atoms with E-state index in [1.54, 1.807) is 6.07 Å². The first kappa shape index (κ1) is 18.2. The highest BCUT2D eigenvalue weighted by Crippen LogP contribution is 2.24. The second kappa shape index (κ2) is 8.66. The molecule has 2 N–H and O–H groups in total. The average molecular weight is 335 g/mol. The largest absolute Gasteiger partial charge is 0.369 e. The first-order valence-corrected chi connectivity index (χ1v) is 8.56. The molecule has 1 atom stereocenters. The van der Waals surface area contributed by atoms with Crippen molar-refractivity contribution in [3.05, 3.63) is 29.6 Å². The SMILES string of the molecule is CCNC(=O)CCC(=O)N[C@@H]1CCCN(c2ccc(F)cc2C)C1. The molecule has 6 heteroatoms. The lowest BCUT2D eigenvalue weighted by Crippen LogP contribution is -2.48. The molecule has 0 saturated carbocycles. The number of piperidine rings is 1. The first-order chi connectivity index (χ1) is 11.5. The van der Waals surface area contributed by atoms with Crippen LogP contribution in [0, 0.1) is 12.7 Å². The van der Waals surface area contributed by atoms with Crippen molar-refractivity contribution in [2.45, 2.75) is 45.6 Å². The maximum absolute atomic E-state index is 13.3. The quantitative estimate of drug-likeness (QED) is 0.837. The van der Waals surface area contributed by atoms with Crippen LogP contribution in [0.5, 0.6) is 0 Å². The Morgan fingerprint density at radius 3 is 2.75 bits per heavy atom. The molecule has 0 radical (unpaired) electrons. The summed E-state index contributed by atoms with van der Waals surface area (Å²) in [7, 11) is 0. The number of benzene rings is 1. The van der Waals surface area contributed by atoms with Crippen LogP contribution in [0.15, 0.2) is 18.2 Å². The molecule has 0 unspecified atom stereocenters. The van der Waals surface area contributed by atoms with Gasteiger partial charge in [-0.3, -0.25) is 9.59 Å². The summed E-state index contributed by atoms with van der Waals surface area (Å²) in [6.07, 6.45) is 2.31. The van der Waals surface area contributed by atoms with Crippen molar-refractivity contribution in [1.82, 2.24) is 10.6 Å². The second-order valence-electron chi connectivity index (χ2n) is 6.24. The summed E-state index contributed by atoms with van der Waals surface area (Å²) in [4.78, 5) is 25.6. The summed E-state index contributed by atoms with van der Waals surface area (Å²) < 4.78 is 13.3. The number of carbonyl (C=O) groups is 2. The Kier molecular flexibility index (Phi) is 6.58. The van der Waals surface area contributed by atoms with Crippen LogP contribution < -0.4 is 15.5 Å². The Bertz CT molecular complexity index is 592. The third-order valence-corrected chi connectivity index (χ3v) is 4.24. The molecule has 0 bridgehead atoms. The highest BCUT2D eigenvalue weighted by atomic mass is 19.1. The lowest BCUT2D eigenvalue weighted by Gasteiger charge is -2.35. The summed E-state index contributed by atoms with van der Waals surface area (Å²) in [5.74, 6) is -0.424. The first-order valence-electron chi connectivity index (χ1n) is 8.56. The molecule has 0 aliphatic carbocycles. The van der Waals surface area contributed by atoms with Gasteiger partial charge in [-0.1, -0.05) is 0 Å². The van der Waals surface area contributed by atoms with Gasteiger partial charge in [0.25, 0.3) is 0 Å². The van der Waals surface area contributed by atoms with Gasteiger partial charge < -0.3 is 15.5 Å². The van der Waals surface area contributed by atoms with E-state index in [0.717, 1.165) is 30.6 Å². The maximum atomic E-state index is 13.3. The average Bonchev–Trinajstić information content (AvgIpc) is 2.53. The minimum absolute atomic E-state index is 0.0601. The number of carbonyl (C=O) groups excluding carboxylic acids is 2. The van der Waals surface area contributed by atoms with E-state index in [2.05, 4.69) is 15.5 Å². The lowest BCUT2D eigenvalue weighted by molar-refractivity contribution is -0.126. The molecular formula is C18H26FN3O2. The zero-order valence-electron chi connectivity index (χ0n) is 14.4. The van der Waals surface area contributed by atoms with Crippen LogP contribution in [0.4, 0.5) is 10.1 Å². The van der Waals surface area contributed by atoms with Crippen molar-refractivity contribution < 1.29 is 14.0 Å². The van der Waals surface area contributed by atoms with E-state index in [4.69, 9.17) is 0 Å². The van der Waals surface area contributed by atoms with Crippen molar-refractivity contribution >= 4 is 17.5 Å². The summed E-state index contributed by atoms with van der Waals surface area (Å²) in [5, 5.41) is 5.70. The molecule has 1 saturated heterocycles. The zero-order chi connectivity index (χ0) is 17.5. The predicted molar refractivity (Wildman–Crippen MR) is 92.4 cm³/mol. The number of rotatable bonds is 6. The van der Waals surface area contributed by atoms with Gasteiger partial charge in [-0.05, 0) is 50.5 Å². The van der Waals surface area contributed by atoms with E-state index in [0.29, 0.717) is 13.1 Å². The molecule has 2 amide bonds. The number of nitrogens with one attached hydrogen (secondary N) is 2. The topological polar surface area (TPSA) is 61.4 Å². The summed E-state index contributed by atoms with van der Waals surface area (Å²) in [6, 6.07) is 4.86. The smallest absolute Gasteiger partial charge is 0.220 e. The zero-order valence-corrected chi connectivity index (χ0v) is 14.4. The molecule has 1 fully saturated rings. The van der Waals surface area contributed by atoms with E-state index in [-0.39, 0.29) is 36.5 Å². The molecule has 0 aromatic heterocycles. The van der Waals surface area contributed by atoms with E-state index in [9.17, 15) is 14.0 Å². The van der Waals surface area contributed by atoms with Crippen LogP contribution in [0.25, 0.3) is 0 Å². The van der Waals surface area contributed by atoms with Gasteiger partial charge in [-0.25, -0.2) is 4.39 Å². The second-order valence-corrected chi connectivity index (χ2v) is 6.24. The van der Waals surface area contributed by atoms with Crippen LogP contribution in [0.1, 0.15) is 38.2 Å². The van der Waals surface area contributed by atoms with Gasteiger partial charge in [0.15, 0.2) is 0 Å². The summed E-state index contributed by atoms with van der Waals surface area (Å²) in [6.45, 7) is 5.94. The monoisotopic (exact) mass is 335 g/mol. The molecule has 1 aliphatic rings. The Balaban J connectivity index is 1.86. The van der Waals surface area contributed by atoms with Gasteiger partial charge >= 0.3 is 0 Å². The number of hydrogen-bond donors (Lipinski definition) is 2. The molecule has 24 heavy (non-hydrogen) atoms. The number of nitrogens with zero attached hydrogens (tertiary/aromatic N) is 1. The van der Waals surface area contributed by atoms with Gasteiger partial charge in [0.2, 0.25) is 11.8 Å². The fraction of sp³-hybridized carbons (Fsp3) is 0.556. The van der Waals surface area contributed by atoms with E-state index in [1.807, 2.05) is 13.8 Å². The van der Waals surface area contributed by atoms with Crippen molar-refractivity contribution in [1.29, 1.82) is 0 Å². The fourth-order valence-corrected chi connectivity index (χ4v) is 3.10. The molecule has 1 aromatic carbocycles. The van der Waals surface area contributed by atoms with Gasteiger partial charge in [0.05, 0.1) is 0 Å². The molecule has 1 heterocycles. The van der Waals surface area contributed by atoms with Crippen molar-refractivity contribution in [2.24, 2.45) is 0 Å². The minimum Gasteiger partial charge on any atom is -0.369 e. The molecule has 1 aromatic rings. The van der Waals surface area contributed by atoms with Crippen LogP contribution in [-0.4, -0.2) is 37.5 Å². The summed E-state index contributed by atoms with van der Waals surface area (Å²) in [5.41, 5.74) is 1.91. The van der Waals surface area contributed by atoms with E-state index >= 15 is 0 Å². The molecule has 1 aliphatic heterocycles. The Morgan fingerprint density at radius 2 is 2.04 bits per heavy atom. The highest BCUT2D eigenvalue weighted by Gasteiger charge is 2.22. The number of amides is 2. The van der Waals surface area contributed by atoms with Crippen molar-refractivity contribution in [3.8, 4) is 0 Å². The van der Waals surface area contributed by atoms with Gasteiger partial charge in [0.1, 0.15) is 5.82 Å². The molecule has 5 nitrogen and oxygen atoms in total. The Hall–Kier alpha value is -2.11. The van der Waals surface area contributed by atoms with Crippen molar-refractivity contribution in [3.63, 3.8) is 0 Å². The molecule has 0 spiro atoms. The minimum atomic E-state index is -0.233. The fourth-order valence-electron chi connectivity index (χ4n) is 3.10. The normalized spacial score (nSPS) is 17.5. The number of hydrogen-bond acceptors (Lipinski definition) is 3. The van der Waals surface area contributed by atoms with Crippen LogP contribution in [-0.2, 0) is 9.59 Å². The van der Waals surface area contributed by atoms with Gasteiger partial charge in [-0.15, -0.1) is 0 Å². The summed E-state index contributed by atoms with van der Waals surface area (Å²) >= 11 is 0. The number of anilines is 1. The maximum Gasteiger partial charge on any atom is 0.220 e. The van der Waals surface area contributed by atoms with E-state index < -0.39 is 0 Å².